The third-order valence-corrected chi connectivity index (χ3v) is 2.75. The Bertz CT molecular complexity index is 393. The van der Waals surface area contributed by atoms with Gasteiger partial charge < -0.3 is 10.2 Å². The molecule has 0 atom stereocenters. The lowest BCUT2D eigenvalue weighted by atomic mass is 9.95. The lowest BCUT2D eigenvalue weighted by Crippen LogP contribution is -2.31. The Balaban J connectivity index is 3.15. The van der Waals surface area contributed by atoms with Gasteiger partial charge in [0, 0.05) is 26.2 Å². The Hall–Kier alpha value is -1.32. The topological polar surface area (TPSA) is 41.1 Å². The number of aromatic nitrogens is 2. The summed E-state index contributed by atoms with van der Waals surface area (Å²) in [6.45, 7) is 12.0. The summed E-state index contributed by atoms with van der Waals surface area (Å²) >= 11 is 0. The number of anilines is 2. The molecule has 0 amide bonds. The zero-order valence-corrected chi connectivity index (χ0v) is 12.7. The van der Waals surface area contributed by atoms with Crippen molar-refractivity contribution in [2.75, 3.05) is 30.9 Å². The van der Waals surface area contributed by atoms with Crippen LogP contribution in [0.25, 0.3) is 0 Å². The van der Waals surface area contributed by atoms with Crippen LogP contribution in [-0.4, -0.2) is 30.6 Å². The van der Waals surface area contributed by atoms with Crippen LogP contribution in [0, 0.1) is 5.41 Å². The van der Waals surface area contributed by atoms with Crippen LogP contribution in [0.4, 0.5) is 11.6 Å². The number of rotatable bonds is 4. The summed E-state index contributed by atoms with van der Waals surface area (Å²) in [6, 6.07) is 0. The standard InChI is InChI=1S/C14H26N4/c1-10(2)11-12(15-6)16-9-17-13(11)18(7)8-14(3,4)5/h9-10H,8H2,1-7H3,(H,15,16,17). The summed E-state index contributed by atoms with van der Waals surface area (Å²) in [5.41, 5.74) is 1.43. The van der Waals surface area contributed by atoms with E-state index in [1.165, 1.54) is 5.56 Å². The van der Waals surface area contributed by atoms with Crippen LogP contribution in [0.15, 0.2) is 6.33 Å². The maximum atomic E-state index is 4.47. The minimum atomic E-state index is 0.244. The Morgan fingerprint density at radius 3 is 2.33 bits per heavy atom. The smallest absolute Gasteiger partial charge is 0.137 e. The van der Waals surface area contributed by atoms with E-state index in [0.29, 0.717) is 5.92 Å². The van der Waals surface area contributed by atoms with Gasteiger partial charge in [-0.2, -0.15) is 0 Å². The molecule has 0 fully saturated rings. The van der Waals surface area contributed by atoms with Crippen molar-refractivity contribution in [2.45, 2.75) is 40.5 Å². The fraction of sp³-hybridized carbons (Fsp3) is 0.714. The number of nitrogens with zero attached hydrogens (tertiary/aromatic N) is 3. The largest absolute Gasteiger partial charge is 0.373 e. The Kier molecular flexibility index (Phi) is 4.54. The van der Waals surface area contributed by atoms with Crippen molar-refractivity contribution in [1.29, 1.82) is 0 Å². The Morgan fingerprint density at radius 1 is 1.28 bits per heavy atom. The molecule has 0 radical (unpaired) electrons. The predicted molar refractivity (Wildman–Crippen MR) is 78.4 cm³/mol. The molecule has 0 aliphatic carbocycles. The molecule has 1 aromatic rings. The van der Waals surface area contributed by atoms with Crippen LogP contribution in [-0.2, 0) is 0 Å². The minimum absolute atomic E-state index is 0.244. The minimum Gasteiger partial charge on any atom is -0.373 e. The van der Waals surface area contributed by atoms with Gasteiger partial charge in [0.25, 0.3) is 0 Å². The highest BCUT2D eigenvalue weighted by molar-refractivity contribution is 5.59. The van der Waals surface area contributed by atoms with Crippen LogP contribution in [0.3, 0.4) is 0 Å². The summed E-state index contributed by atoms with van der Waals surface area (Å²) < 4.78 is 0. The lowest BCUT2D eigenvalue weighted by Gasteiger charge is -2.30. The number of hydrogen-bond acceptors (Lipinski definition) is 4. The Morgan fingerprint density at radius 2 is 1.89 bits per heavy atom. The van der Waals surface area contributed by atoms with E-state index >= 15 is 0 Å². The highest BCUT2D eigenvalue weighted by Crippen LogP contribution is 2.31. The van der Waals surface area contributed by atoms with Crippen molar-refractivity contribution in [3.05, 3.63) is 11.9 Å². The third kappa shape index (κ3) is 3.59. The average molecular weight is 250 g/mol. The van der Waals surface area contributed by atoms with Crippen LogP contribution in [0.1, 0.15) is 46.1 Å². The van der Waals surface area contributed by atoms with E-state index in [4.69, 9.17) is 0 Å². The van der Waals surface area contributed by atoms with Crippen molar-refractivity contribution in [3.63, 3.8) is 0 Å². The van der Waals surface area contributed by atoms with Crippen LogP contribution < -0.4 is 10.2 Å². The monoisotopic (exact) mass is 250 g/mol. The van der Waals surface area contributed by atoms with Gasteiger partial charge in [-0.25, -0.2) is 9.97 Å². The zero-order chi connectivity index (χ0) is 13.9. The zero-order valence-electron chi connectivity index (χ0n) is 12.7. The van der Waals surface area contributed by atoms with E-state index < -0.39 is 0 Å². The molecule has 0 saturated heterocycles. The molecule has 4 heteroatoms. The molecule has 102 valence electrons. The molecule has 1 aromatic heterocycles. The Labute approximate surface area is 111 Å². The van der Waals surface area contributed by atoms with Crippen molar-refractivity contribution in [2.24, 2.45) is 5.41 Å². The SMILES string of the molecule is CNc1ncnc(N(C)CC(C)(C)C)c1C(C)C. The molecule has 0 saturated carbocycles. The fourth-order valence-electron chi connectivity index (χ4n) is 2.21. The molecule has 0 unspecified atom stereocenters. The number of nitrogens with one attached hydrogen (secondary N) is 1. The highest BCUT2D eigenvalue weighted by Gasteiger charge is 2.20. The third-order valence-electron chi connectivity index (χ3n) is 2.75. The van der Waals surface area contributed by atoms with Crippen molar-refractivity contribution < 1.29 is 0 Å². The normalized spacial score (nSPS) is 11.8. The molecule has 0 aliphatic heterocycles. The van der Waals surface area contributed by atoms with Gasteiger partial charge in [0.2, 0.25) is 0 Å². The summed E-state index contributed by atoms with van der Waals surface area (Å²) in [5, 5.41) is 3.16. The lowest BCUT2D eigenvalue weighted by molar-refractivity contribution is 0.417. The first-order chi connectivity index (χ1) is 8.26. The first-order valence-corrected chi connectivity index (χ1v) is 6.50. The molecule has 0 aliphatic rings. The van der Waals surface area contributed by atoms with Gasteiger partial charge in [0.05, 0.1) is 0 Å². The van der Waals surface area contributed by atoms with Gasteiger partial charge in [0.15, 0.2) is 0 Å². The molecular formula is C14H26N4. The highest BCUT2D eigenvalue weighted by atomic mass is 15.2. The first kappa shape index (κ1) is 14.7. The van der Waals surface area contributed by atoms with Gasteiger partial charge >= 0.3 is 0 Å². The summed E-state index contributed by atoms with van der Waals surface area (Å²) in [4.78, 5) is 11.0. The van der Waals surface area contributed by atoms with Gasteiger partial charge in [-0.05, 0) is 11.3 Å². The van der Waals surface area contributed by atoms with Crippen molar-refractivity contribution in [3.8, 4) is 0 Å². The average Bonchev–Trinajstić information content (AvgIpc) is 2.25. The molecule has 0 spiro atoms. The molecule has 18 heavy (non-hydrogen) atoms. The molecule has 1 heterocycles. The molecular weight excluding hydrogens is 224 g/mol. The summed E-state index contributed by atoms with van der Waals surface area (Å²) in [6.07, 6.45) is 1.63. The van der Waals surface area contributed by atoms with E-state index in [-0.39, 0.29) is 5.41 Å². The quantitative estimate of drug-likeness (QED) is 0.891. The van der Waals surface area contributed by atoms with Crippen molar-refractivity contribution >= 4 is 11.6 Å². The summed E-state index contributed by atoms with van der Waals surface area (Å²) in [7, 11) is 4.00. The maximum Gasteiger partial charge on any atom is 0.137 e. The van der Waals surface area contributed by atoms with Gasteiger partial charge in [-0.15, -0.1) is 0 Å². The van der Waals surface area contributed by atoms with E-state index in [2.05, 4.69) is 61.9 Å². The van der Waals surface area contributed by atoms with Gasteiger partial charge in [0.1, 0.15) is 18.0 Å². The molecule has 0 bridgehead atoms. The van der Waals surface area contributed by atoms with Crippen LogP contribution >= 0.6 is 0 Å². The predicted octanol–water partition coefficient (Wildman–Crippen LogP) is 3.12. The van der Waals surface area contributed by atoms with Crippen molar-refractivity contribution in [1.82, 2.24) is 9.97 Å². The second-order valence-corrected chi connectivity index (χ2v) is 6.28. The van der Waals surface area contributed by atoms with E-state index in [9.17, 15) is 0 Å². The molecule has 1 N–H and O–H groups in total. The summed E-state index contributed by atoms with van der Waals surface area (Å²) in [5.74, 6) is 2.35. The van der Waals surface area contributed by atoms with Crippen LogP contribution in [0.5, 0.6) is 0 Å². The van der Waals surface area contributed by atoms with Crippen LogP contribution in [0.2, 0.25) is 0 Å². The fourth-order valence-corrected chi connectivity index (χ4v) is 2.21. The second kappa shape index (κ2) is 5.55. The van der Waals surface area contributed by atoms with E-state index in [0.717, 1.165) is 18.2 Å². The van der Waals surface area contributed by atoms with E-state index in [1.54, 1.807) is 6.33 Å². The molecule has 4 nitrogen and oxygen atoms in total. The molecule has 1 rings (SSSR count). The van der Waals surface area contributed by atoms with E-state index in [1.807, 2.05) is 7.05 Å². The second-order valence-electron chi connectivity index (χ2n) is 6.28. The molecule has 0 aromatic carbocycles. The van der Waals surface area contributed by atoms with Gasteiger partial charge in [-0.3, -0.25) is 0 Å². The van der Waals surface area contributed by atoms with Gasteiger partial charge in [-0.1, -0.05) is 34.6 Å². The number of hydrogen-bond donors (Lipinski definition) is 1. The first-order valence-electron chi connectivity index (χ1n) is 6.50. The maximum absolute atomic E-state index is 4.47.